The van der Waals surface area contributed by atoms with Crippen molar-refractivity contribution in [3.63, 3.8) is 0 Å². The average molecular weight is 271 g/mol. The van der Waals surface area contributed by atoms with Crippen LogP contribution in [0.4, 0.5) is 11.4 Å². The predicted octanol–water partition coefficient (Wildman–Crippen LogP) is 3.31. The lowest BCUT2D eigenvalue weighted by Crippen LogP contribution is -2.07. The van der Waals surface area contributed by atoms with Crippen LogP contribution in [0.3, 0.4) is 0 Å². The van der Waals surface area contributed by atoms with Crippen LogP contribution in [-0.4, -0.2) is 13.2 Å². The maximum Gasteiger partial charge on any atom is 0.0865 e. The van der Waals surface area contributed by atoms with E-state index in [0.717, 1.165) is 21.4 Å². The molecule has 82 valence electrons. The van der Waals surface area contributed by atoms with E-state index in [0.29, 0.717) is 6.04 Å². The third-order valence-electron chi connectivity index (χ3n) is 2.44. The fourth-order valence-corrected chi connectivity index (χ4v) is 2.11. The molecule has 0 bridgehead atoms. The number of rotatable bonds is 4. The summed E-state index contributed by atoms with van der Waals surface area (Å²) in [6.07, 6.45) is 2.52. The number of aryl methyl sites for hydroxylation is 1. The highest BCUT2D eigenvalue weighted by Gasteiger charge is 2.22. The summed E-state index contributed by atoms with van der Waals surface area (Å²) in [6.45, 7) is 2.06. The molecule has 0 unspecified atom stereocenters. The molecule has 0 heterocycles. The monoisotopic (exact) mass is 270 g/mol. The summed E-state index contributed by atoms with van der Waals surface area (Å²) >= 11 is 3.50. The van der Waals surface area contributed by atoms with E-state index < -0.39 is 0 Å². The molecule has 1 saturated carbocycles. The van der Waals surface area contributed by atoms with Gasteiger partial charge in [-0.15, -0.1) is 0 Å². The molecule has 2 N–H and O–H groups in total. The van der Waals surface area contributed by atoms with E-state index in [1.54, 1.807) is 7.11 Å². The Labute approximate surface area is 98.3 Å². The zero-order valence-corrected chi connectivity index (χ0v) is 10.5. The van der Waals surface area contributed by atoms with Crippen molar-refractivity contribution in [2.75, 3.05) is 17.9 Å². The standard InChI is InChI=1S/C11H15BrN2O/c1-7-5-8(12)6-10(11(7)14-15-2)13-9-3-4-9/h5-6,9,13-14H,3-4H2,1-2H3. The molecular formula is C11H15BrN2O. The molecule has 1 aromatic carbocycles. The van der Waals surface area contributed by atoms with Gasteiger partial charge in [0.15, 0.2) is 0 Å². The quantitative estimate of drug-likeness (QED) is 0.824. The number of hydrogen-bond donors (Lipinski definition) is 2. The van der Waals surface area contributed by atoms with Gasteiger partial charge in [0.1, 0.15) is 0 Å². The van der Waals surface area contributed by atoms with Gasteiger partial charge in [-0.05, 0) is 37.5 Å². The Kier molecular flexibility index (Phi) is 3.17. The summed E-state index contributed by atoms with van der Waals surface area (Å²) in [6, 6.07) is 4.78. The Morgan fingerprint density at radius 1 is 1.40 bits per heavy atom. The van der Waals surface area contributed by atoms with Crippen LogP contribution in [-0.2, 0) is 4.84 Å². The molecule has 0 aliphatic heterocycles. The fourth-order valence-electron chi connectivity index (χ4n) is 1.54. The summed E-state index contributed by atoms with van der Waals surface area (Å²) in [5.74, 6) is 0. The molecule has 0 radical (unpaired) electrons. The summed E-state index contributed by atoms with van der Waals surface area (Å²) < 4.78 is 1.09. The maximum absolute atomic E-state index is 4.99. The molecule has 0 spiro atoms. The van der Waals surface area contributed by atoms with Gasteiger partial charge in [0.25, 0.3) is 0 Å². The second-order valence-corrected chi connectivity index (χ2v) is 4.79. The van der Waals surface area contributed by atoms with Crippen LogP contribution >= 0.6 is 15.9 Å². The van der Waals surface area contributed by atoms with E-state index in [4.69, 9.17) is 4.84 Å². The van der Waals surface area contributed by atoms with Crippen molar-refractivity contribution in [2.24, 2.45) is 0 Å². The van der Waals surface area contributed by atoms with Crippen LogP contribution in [0.1, 0.15) is 18.4 Å². The van der Waals surface area contributed by atoms with Gasteiger partial charge in [0, 0.05) is 10.5 Å². The molecule has 0 atom stereocenters. The normalized spacial score (nSPS) is 15.1. The second kappa shape index (κ2) is 4.41. The maximum atomic E-state index is 4.99. The van der Waals surface area contributed by atoms with Crippen molar-refractivity contribution in [3.05, 3.63) is 22.2 Å². The minimum Gasteiger partial charge on any atom is -0.381 e. The van der Waals surface area contributed by atoms with Crippen molar-refractivity contribution in [2.45, 2.75) is 25.8 Å². The molecule has 0 aromatic heterocycles. The van der Waals surface area contributed by atoms with Crippen molar-refractivity contribution in [1.82, 2.24) is 0 Å². The van der Waals surface area contributed by atoms with Crippen LogP contribution in [0, 0.1) is 6.92 Å². The Bertz CT molecular complexity index is 364. The van der Waals surface area contributed by atoms with Gasteiger partial charge in [-0.2, -0.15) is 0 Å². The Morgan fingerprint density at radius 2 is 2.13 bits per heavy atom. The summed E-state index contributed by atoms with van der Waals surface area (Å²) in [5, 5.41) is 3.48. The first-order chi connectivity index (χ1) is 7.20. The van der Waals surface area contributed by atoms with E-state index in [-0.39, 0.29) is 0 Å². The Balaban J connectivity index is 2.29. The van der Waals surface area contributed by atoms with Gasteiger partial charge in [0.2, 0.25) is 0 Å². The Hall–Kier alpha value is -0.740. The van der Waals surface area contributed by atoms with Crippen LogP contribution in [0.5, 0.6) is 0 Å². The number of anilines is 2. The van der Waals surface area contributed by atoms with E-state index >= 15 is 0 Å². The number of hydrogen-bond acceptors (Lipinski definition) is 3. The average Bonchev–Trinajstić information content (AvgIpc) is 2.95. The molecule has 0 saturated heterocycles. The molecule has 3 nitrogen and oxygen atoms in total. The minimum atomic E-state index is 0.635. The molecule has 1 fully saturated rings. The van der Waals surface area contributed by atoms with E-state index in [1.807, 2.05) is 0 Å². The predicted molar refractivity (Wildman–Crippen MR) is 66.2 cm³/mol. The van der Waals surface area contributed by atoms with Gasteiger partial charge < -0.3 is 5.32 Å². The van der Waals surface area contributed by atoms with Gasteiger partial charge >= 0.3 is 0 Å². The lowest BCUT2D eigenvalue weighted by Gasteiger charge is -2.15. The molecule has 2 rings (SSSR count). The van der Waals surface area contributed by atoms with Crippen LogP contribution in [0.25, 0.3) is 0 Å². The summed E-state index contributed by atoms with van der Waals surface area (Å²) in [7, 11) is 1.63. The molecule has 4 heteroatoms. The van der Waals surface area contributed by atoms with E-state index in [2.05, 4.69) is 45.8 Å². The highest BCUT2D eigenvalue weighted by atomic mass is 79.9. The van der Waals surface area contributed by atoms with Crippen LogP contribution in [0.2, 0.25) is 0 Å². The zero-order valence-electron chi connectivity index (χ0n) is 8.93. The molecule has 15 heavy (non-hydrogen) atoms. The number of halogens is 1. The van der Waals surface area contributed by atoms with Crippen LogP contribution < -0.4 is 10.8 Å². The first-order valence-corrected chi connectivity index (χ1v) is 5.85. The number of nitrogens with one attached hydrogen (secondary N) is 2. The van der Waals surface area contributed by atoms with Crippen LogP contribution in [0.15, 0.2) is 16.6 Å². The lowest BCUT2D eigenvalue weighted by molar-refractivity contribution is 0.271. The largest absolute Gasteiger partial charge is 0.381 e. The first-order valence-electron chi connectivity index (χ1n) is 5.06. The van der Waals surface area contributed by atoms with E-state index in [9.17, 15) is 0 Å². The fraction of sp³-hybridized carbons (Fsp3) is 0.455. The third-order valence-corrected chi connectivity index (χ3v) is 2.90. The molecule has 1 aliphatic rings. The SMILES string of the molecule is CONc1c(C)cc(Br)cc1NC1CC1. The zero-order chi connectivity index (χ0) is 10.8. The summed E-state index contributed by atoms with van der Waals surface area (Å²) in [4.78, 5) is 4.99. The van der Waals surface area contributed by atoms with Crippen molar-refractivity contribution in [1.29, 1.82) is 0 Å². The number of benzene rings is 1. The van der Waals surface area contributed by atoms with Crippen molar-refractivity contribution >= 4 is 27.3 Å². The second-order valence-electron chi connectivity index (χ2n) is 3.87. The minimum absolute atomic E-state index is 0.635. The Morgan fingerprint density at radius 3 is 2.73 bits per heavy atom. The highest BCUT2D eigenvalue weighted by Crippen LogP contribution is 2.34. The highest BCUT2D eigenvalue weighted by molar-refractivity contribution is 9.10. The molecular weight excluding hydrogens is 256 g/mol. The van der Waals surface area contributed by atoms with Gasteiger partial charge in [0.05, 0.1) is 18.5 Å². The summed E-state index contributed by atoms with van der Waals surface area (Å²) in [5.41, 5.74) is 6.21. The van der Waals surface area contributed by atoms with E-state index in [1.165, 1.54) is 12.8 Å². The molecule has 1 aromatic rings. The first kappa shape index (κ1) is 10.8. The van der Waals surface area contributed by atoms with Gasteiger partial charge in [-0.1, -0.05) is 15.9 Å². The smallest absolute Gasteiger partial charge is 0.0865 e. The lowest BCUT2D eigenvalue weighted by atomic mass is 10.1. The molecule has 0 amide bonds. The van der Waals surface area contributed by atoms with Crippen molar-refractivity contribution < 1.29 is 4.84 Å². The third kappa shape index (κ3) is 2.63. The molecule has 1 aliphatic carbocycles. The van der Waals surface area contributed by atoms with Gasteiger partial charge in [-0.25, -0.2) is 0 Å². The van der Waals surface area contributed by atoms with Gasteiger partial charge in [-0.3, -0.25) is 10.3 Å². The topological polar surface area (TPSA) is 33.3 Å². The van der Waals surface area contributed by atoms with Crippen molar-refractivity contribution in [3.8, 4) is 0 Å².